The van der Waals surface area contributed by atoms with Gasteiger partial charge in [0.15, 0.2) is 0 Å². The predicted molar refractivity (Wildman–Crippen MR) is 64.9 cm³/mol. The molecule has 0 aromatic carbocycles. The van der Waals surface area contributed by atoms with Gasteiger partial charge in [0.1, 0.15) is 5.69 Å². The van der Waals surface area contributed by atoms with Crippen LogP contribution in [0.5, 0.6) is 0 Å². The van der Waals surface area contributed by atoms with Gasteiger partial charge in [0, 0.05) is 6.20 Å². The van der Waals surface area contributed by atoms with E-state index >= 15 is 0 Å². The van der Waals surface area contributed by atoms with Crippen LogP contribution < -0.4 is 0 Å². The molecule has 0 radical (unpaired) electrons. The highest BCUT2D eigenvalue weighted by atomic mass is 16.6. The molecule has 84 valence electrons. The molecule has 1 aromatic heterocycles. The molecule has 0 aliphatic heterocycles. The number of aromatic nitrogens is 1. The first kappa shape index (κ1) is 12.1. The molecule has 16 heavy (non-hydrogen) atoms. The molecule has 0 atom stereocenters. The van der Waals surface area contributed by atoms with E-state index in [2.05, 4.69) is 11.6 Å². The zero-order chi connectivity index (χ0) is 12.1. The normalized spacial score (nSPS) is 10.6. The van der Waals surface area contributed by atoms with Crippen molar-refractivity contribution in [2.24, 2.45) is 0 Å². The highest BCUT2D eigenvalue weighted by Gasteiger charge is 2.19. The summed E-state index contributed by atoms with van der Waals surface area (Å²) >= 11 is 0. The van der Waals surface area contributed by atoms with Crippen LogP contribution in [0.4, 0.5) is 5.69 Å². The second-order valence-corrected chi connectivity index (χ2v) is 3.45. The minimum atomic E-state index is -0.410. The van der Waals surface area contributed by atoms with Crippen LogP contribution in [0.2, 0.25) is 0 Å². The van der Waals surface area contributed by atoms with Gasteiger partial charge in [-0.1, -0.05) is 25.7 Å². The molecule has 0 bridgehead atoms. The Labute approximate surface area is 94.5 Å². The summed E-state index contributed by atoms with van der Waals surface area (Å²) in [6.07, 6.45) is 6.02. The first-order chi connectivity index (χ1) is 7.57. The van der Waals surface area contributed by atoms with Gasteiger partial charge in [-0.2, -0.15) is 0 Å². The lowest BCUT2D eigenvalue weighted by Gasteiger charge is -2.03. The van der Waals surface area contributed by atoms with Crippen molar-refractivity contribution >= 4 is 17.3 Å². The van der Waals surface area contributed by atoms with Crippen LogP contribution >= 0.6 is 0 Å². The van der Waals surface area contributed by atoms with Gasteiger partial charge in [-0.25, -0.2) is 4.98 Å². The summed E-state index contributed by atoms with van der Waals surface area (Å²) in [5, 5.41) is 11.0. The van der Waals surface area contributed by atoms with E-state index in [-0.39, 0.29) is 5.69 Å². The van der Waals surface area contributed by atoms with Gasteiger partial charge >= 0.3 is 5.69 Å². The molecule has 4 heteroatoms. The fraction of sp³-hybridized carbons (Fsp3) is 0.250. The monoisotopic (exact) mass is 218 g/mol. The number of nitrogens with zero attached hydrogens (tertiary/aromatic N) is 2. The first-order valence-corrected chi connectivity index (χ1v) is 5.03. The molecule has 0 amide bonds. The van der Waals surface area contributed by atoms with Crippen LogP contribution in [-0.4, -0.2) is 9.91 Å². The molecule has 0 aliphatic rings. The molecule has 0 spiro atoms. The Morgan fingerprint density at radius 1 is 1.69 bits per heavy atom. The second-order valence-electron chi connectivity index (χ2n) is 3.45. The van der Waals surface area contributed by atoms with Gasteiger partial charge in [-0.3, -0.25) is 10.1 Å². The maximum atomic E-state index is 11.0. The number of pyridine rings is 1. The lowest BCUT2D eigenvalue weighted by Crippen LogP contribution is -1.99. The molecule has 0 N–H and O–H groups in total. The van der Waals surface area contributed by atoms with E-state index in [1.807, 2.05) is 13.0 Å². The lowest BCUT2D eigenvalue weighted by atomic mass is 10.1. The van der Waals surface area contributed by atoms with Gasteiger partial charge in [-0.05, 0) is 25.0 Å². The average Bonchev–Trinajstić information content (AvgIpc) is 2.25. The predicted octanol–water partition coefficient (Wildman–Crippen LogP) is 3.45. The van der Waals surface area contributed by atoms with Crippen molar-refractivity contribution in [2.45, 2.75) is 20.3 Å². The second kappa shape index (κ2) is 5.21. The number of hydrogen-bond acceptors (Lipinski definition) is 3. The molecule has 4 nitrogen and oxygen atoms in total. The van der Waals surface area contributed by atoms with Gasteiger partial charge < -0.3 is 0 Å². The van der Waals surface area contributed by atoms with E-state index in [0.717, 1.165) is 6.42 Å². The molecule has 1 rings (SSSR count). The zero-order valence-corrected chi connectivity index (χ0v) is 9.43. The number of nitro groups is 1. The number of hydrogen-bond donors (Lipinski definition) is 0. The minimum Gasteiger partial charge on any atom is -0.258 e. The molecule has 0 fully saturated rings. The van der Waals surface area contributed by atoms with Gasteiger partial charge in [0.25, 0.3) is 0 Å². The van der Waals surface area contributed by atoms with Crippen LogP contribution in [-0.2, 0) is 0 Å². The molecule has 0 saturated carbocycles. The summed E-state index contributed by atoms with van der Waals surface area (Å²) in [5.74, 6) is 0. The zero-order valence-electron chi connectivity index (χ0n) is 9.43. The Hall–Kier alpha value is -1.97. The summed E-state index contributed by atoms with van der Waals surface area (Å²) < 4.78 is 0. The third-order valence-corrected chi connectivity index (χ3v) is 2.08. The molecule has 1 heterocycles. The van der Waals surface area contributed by atoms with Crippen molar-refractivity contribution in [1.82, 2.24) is 4.98 Å². The standard InChI is InChI=1S/C12H14N2O2/c1-4-5-6-10-7-8-13-11(9(2)3)12(10)14(15)16/h5-8H,2,4H2,1,3H3/b6-5+. The van der Waals surface area contributed by atoms with Crippen molar-refractivity contribution < 1.29 is 4.92 Å². The maximum Gasteiger partial charge on any atom is 0.302 e. The fourth-order valence-electron chi connectivity index (χ4n) is 1.35. The summed E-state index contributed by atoms with van der Waals surface area (Å²) in [5.41, 5.74) is 1.54. The van der Waals surface area contributed by atoms with Crippen LogP contribution in [0.25, 0.3) is 11.6 Å². The van der Waals surface area contributed by atoms with Crippen molar-refractivity contribution in [3.8, 4) is 0 Å². The Balaban J connectivity index is 3.38. The van der Waals surface area contributed by atoms with Crippen molar-refractivity contribution in [1.29, 1.82) is 0 Å². The maximum absolute atomic E-state index is 11.0. The molecule has 1 aromatic rings. The SMILES string of the molecule is C=C(C)c1nccc(/C=C/CC)c1[N+](=O)[O-]. The summed E-state index contributed by atoms with van der Waals surface area (Å²) in [6.45, 7) is 7.39. The van der Waals surface area contributed by atoms with E-state index in [9.17, 15) is 10.1 Å². The molecular weight excluding hydrogens is 204 g/mol. The summed E-state index contributed by atoms with van der Waals surface area (Å²) in [4.78, 5) is 14.6. The average molecular weight is 218 g/mol. The minimum absolute atomic E-state index is 0.0275. The third kappa shape index (κ3) is 2.53. The van der Waals surface area contributed by atoms with Crippen molar-refractivity contribution in [3.05, 3.63) is 46.3 Å². The summed E-state index contributed by atoms with van der Waals surface area (Å²) in [7, 11) is 0. The third-order valence-electron chi connectivity index (χ3n) is 2.08. The Kier molecular flexibility index (Phi) is 3.94. The van der Waals surface area contributed by atoms with Crippen molar-refractivity contribution in [2.75, 3.05) is 0 Å². The topological polar surface area (TPSA) is 56.0 Å². The van der Waals surface area contributed by atoms with Crippen LogP contribution in [0.15, 0.2) is 24.9 Å². The van der Waals surface area contributed by atoms with E-state index in [1.54, 1.807) is 25.3 Å². The number of allylic oxidation sites excluding steroid dienone is 2. The quantitative estimate of drug-likeness (QED) is 0.574. The van der Waals surface area contributed by atoms with E-state index in [0.29, 0.717) is 16.8 Å². The van der Waals surface area contributed by atoms with Gasteiger partial charge in [0.2, 0.25) is 0 Å². The molecule has 0 saturated heterocycles. The molecular formula is C12H14N2O2. The highest BCUT2D eigenvalue weighted by molar-refractivity contribution is 5.73. The van der Waals surface area contributed by atoms with Gasteiger partial charge in [0.05, 0.1) is 10.5 Å². The smallest absolute Gasteiger partial charge is 0.258 e. The first-order valence-electron chi connectivity index (χ1n) is 5.03. The van der Waals surface area contributed by atoms with E-state index < -0.39 is 4.92 Å². The highest BCUT2D eigenvalue weighted by Crippen LogP contribution is 2.27. The van der Waals surface area contributed by atoms with E-state index in [4.69, 9.17) is 0 Å². The fourth-order valence-corrected chi connectivity index (χ4v) is 1.35. The number of rotatable bonds is 4. The van der Waals surface area contributed by atoms with Crippen LogP contribution in [0, 0.1) is 10.1 Å². The van der Waals surface area contributed by atoms with Crippen LogP contribution in [0.1, 0.15) is 31.5 Å². The Bertz CT molecular complexity index is 450. The largest absolute Gasteiger partial charge is 0.302 e. The van der Waals surface area contributed by atoms with Crippen molar-refractivity contribution in [3.63, 3.8) is 0 Å². The van der Waals surface area contributed by atoms with E-state index in [1.165, 1.54) is 0 Å². The van der Waals surface area contributed by atoms with Gasteiger partial charge in [-0.15, -0.1) is 0 Å². The molecule has 0 aliphatic carbocycles. The summed E-state index contributed by atoms with van der Waals surface area (Å²) in [6, 6.07) is 1.64. The van der Waals surface area contributed by atoms with Crippen LogP contribution in [0.3, 0.4) is 0 Å². The molecule has 0 unspecified atom stereocenters. The Morgan fingerprint density at radius 3 is 2.88 bits per heavy atom. The Morgan fingerprint density at radius 2 is 2.38 bits per heavy atom. The lowest BCUT2D eigenvalue weighted by molar-refractivity contribution is -0.385.